The van der Waals surface area contributed by atoms with E-state index in [1.807, 2.05) is 18.4 Å². The van der Waals surface area contributed by atoms with E-state index < -0.39 is 5.91 Å². The van der Waals surface area contributed by atoms with Gasteiger partial charge in [-0.3, -0.25) is 4.79 Å². The van der Waals surface area contributed by atoms with Crippen LogP contribution in [0.25, 0.3) is 0 Å². The highest BCUT2D eigenvalue weighted by molar-refractivity contribution is 5.89. The van der Waals surface area contributed by atoms with Gasteiger partial charge in [0, 0.05) is 12.0 Å². The van der Waals surface area contributed by atoms with Gasteiger partial charge >= 0.3 is 0 Å². The normalized spacial score (nSPS) is 19.5. The first-order chi connectivity index (χ1) is 9.41. The zero-order chi connectivity index (χ0) is 14.9. The Balaban J connectivity index is 2.42. The molecule has 1 aliphatic rings. The summed E-state index contributed by atoms with van der Waals surface area (Å²) in [5.74, 6) is 1.42. The topological polar surface area (TPSA) is 73.8 Å². The maximum Gasteiger partial charge on any atom is 0.286 e. The first-order valence-corrected chi connectivity index (χ1v) is 7.37. The molecule has 5 nitrogen and oxygen atoms in total. The molecule has 1 amide bonds. The van der Waals surface area contributed by atoms with Crippen molar-refractivity contribution in [1.29, 1.82) is 0 Å². The Morgan fingerprint density at radius 1 is 1.35 bits per heavy atom. The van der Waals surface area contributed by atoms with E-state index in [1.54, 1.807) is 0 Å². The summed E-state index contributed by atoms with van der Waals surface area (Å²) in [5.41, 5.74) is 6.87. The van der Waals surface area contributed by atoms with Crippen LogP contribution in [0.4, 0.5) is 0 Å². The quantitative estimate of drug-likeness (QED) is 0.859. The molecule has 0 spiro atoms. The van der Waals surface area contributed by atoms with Crippen molar-refractivity contribution in [2.24, 2.45) is 11.7 Å². The van der Waals surface area contributed by atoms with Crippen LogP contribution in [-0.4, -0.2) is 20.7 Å². The molecular formula is C15H24N4O. The Morgan fingerprint density at radius 3 is 2.60 bits per heavy atom. The Bertz CT molecular complexity index is 528. The molecule has 0 radical (unpaired) electrons. The zero-order valence-corrected chi connectivity index (χ0v) is 12.8. The Morgan fingerprint density at radius 2 is 2.05 bits per heavy atom. The smallest absolute Gasteiger partial charge is 0.286 e. The molecule has 0 fully saturated rings. The van der Waals surface area contributed by atoms with Crippen molar-refractivity contribution in [2.75, 3.05) is 0 Å². The number of amides is 1. The van der Waals surface area contributed by atoms with Gasteiger partial charge in [0.2, 0.25) is 5.82 Å². The van der Waals surface area contributed by atoms with Crippen LogP contribution in [0.1, 0.15) is 75.4 Å². The fourth-order valence-electron chi connectivity index (χ4n) is 2.87. The van der Waals surface area contributed by atoms with Gasteiger partial charge in [0.15, 0.2) is 0 Å². The standard InChI is InChI=1S/C15H24N4O/c1-9(2)11-6-5-7-12(8-11)14-17-18-15(13(16)20)19(14)10(3)4/h8-10,12H,5-7H2,1-4H3,(H2,16,20). The van der Waals surface area contributed by atoms with Crippen LogP contribution in [0.15, 0.2) is 11.6 Å². The van der Waals surface area contributed by atoms with Gasteiger partial charge < -0.3 is 10.3 Å². The van der Waals surface area contributed by atoms with Crippen molar-refractivity contribution >= 4 is 5.91 Å². The molecular weight excluding hydrogens is 252 g/mol. The average Bonchev–Trinajstić information content (AvgIpc) is 2.83. The summed E-state index contributed by atoms with van der Waals surface area (Å²) in [6.45, 7) is 8.48. The van der Waals surface area contributed by atoms with Crippen molar-refractivity contribution in [3.8, 4) is 0 Å². The molecule has 0 bridgehead atoms. The first-order valence-electron chi connectivity index (χ1n) is 7.37. The highest BCUT2D eigenvalue weighted by Gasteiger charge is 2.26. The summed E-state index contributed by atoms with van der Waals surface area (Å²) in [7, 11) is 0. The number of carbonyl (C=O) groups excluding carboxylic acids is 1. The summed E-state index contributed by atoms with van der Waals surface area (Å²) in [5, 5.41) is 8.23. The van der Waals surface area contributed by atoms with Crippen molar-refractivity contribution in [3.05, 3.63) is 23.3 Å². The number of nitrogens with zero attached hydrogens (tertiary/aromatic N) is 3. The van der Waals surface area contributed by atoms with Crippen LogP contribution >= 0.6 is 0 Å². The second kappa shape index (κ2) is 5.77. The third-order valence-electron chi connectivity index (χ3n) is 3.93. The number of hydrogen-bond acceptors (Lipinski definition) is 3. The third-order valence-corrected chi connectivity index (χ3v) is 3.93. The molecule has 2 rings (SSSR count). The molecule has 0 saturated heterocycles. The molecule has 0 aliphatic heterocycles. The minimum atomic E-state index is -0.513. The van der Waals surface area contributed by atoms with Crippen LogP contribution < -0.4 is 5.73 Å². The van der Waals surface area contributed by atoms with E-state index in [4.69, 9.17) is 5.73 Å². The van der Waals surface area contributed by atoms with Crippen LogP contribution in [0, 0.1) is 5.92 Å². The molecule has 20 heavy (non-hydrogen) atoms. The van der Waals surface area contributed by atoms with Crippen molar-refractivity contribution < 1.29 is 4.79 Å². The number of allylic oxidation sites excluding steroid dienone is 2. The molecule has 0 aromatic carbocycles. The maximum absolute atomic E-state index is 11.5. The number of nitrogens with two attached hydrogens (primary N) is 1. The predicted octanol–water partition coefficient (Wildman–Crippen LogP) is 2.81. The SMILES string of the molecule is CC(C)C1=CC(c2nnc(C(N)=O)n2C(C)C)CCC1. The van der Waals surface area contributed by atoms with Gasteiger partial charge in [-0.05, 0) is 39.0 Å². The number of aromatic nitrogens is 3. The van der Waals surface area contributed by atoms with Crippen LogP contribution in [0.3, 0.4) is 0 Å². The summed E-state index contributed by atoms with van der Waals surface area (Å²) in [6, 6.07) is 0.125. The number of hydrogen-bond donors (Lipinski definition) is 1. The summed E-state index contributed by atoms with van der Waals surface area (Å²) in [4.78, 5) is 11.5. The van der Waals surface area contributed by atoms with E-state index >= 15 is 0 Å². The van der Waals surface area contributed by atoms with Gasteiger partial charge in [-0.2, -0.15) is 0 Å². The van der Waals surface area contributed by atoms with Crippen molar-refractivity contribution in [3.63, 3.8) is 0 Å². The Hall–Kier alpha value is -1.65. The summed E-state index contributed by atoms with van der Waals surface area (Å²) >= 11 is 0. The monoisotopic (exact) mass is 276 g/mol. The fourth-order valence-corrected chi connectivity index (χ4v) is 2.87. The van der Waals surface area contributed by atoms with E-state index in [2.05, 4.69) is 30.1 Å². The maximum atomic E-state index is 11.5. The van der Waals surface area contributed by atoms with Crippen LogP contribution in [-0.2, 0) is 0 Å². The fraction of sp³-hybridized carbons (Fsp3) is 0.667. The average molecular weight is 276 g/mol. The first kappa shape index (κ1) is 14.8. The second-order valence-corrected chi connectivity index (χ2v) is 6.10. The molecule has 1 atom stereocenters. The molecule has 5 heteroatoms. The molecule has 2 N–H and O–H groups in total. The van der Waals surface area contributed by atoms with Gasteiger partial charge in [0.25, 0.3) is 5.91 Å². The molecule has 1 aliphatic carbocycles. The van der Waals surface area contributed by atoms with Crippen LogP contribution in [0.2, 0.25) is 0 Å². The lowest BCUT2D eigenvalue weighted by Crippen LogP contribution is -2.22. The van der Waals surface area contributed by atoms with E-state index in [0.29, 0.717) is 5.92 Å². The number of carbonyl (C=O) groups is 1. The number of rotatable bonds is 4. The summed E-state index contributed by atoms with van der Waals surface area (Å²) in [6.07, 6.45) is 5.68. The van der Waals surface area contributed by atoms with Gasteiger partial charge in [-0.25, -0.2) is 0 Å². The molecule has 1 heterocycles. The van der Waals surface area contributed by atoms with Gasteiger partial charge in [0.1, 0.15) is 5.82 Å². The predicted molar refractivity (Wildman–Crippen MR) is 78.4 cm³/mol. The van der Waals surface area contributed by atoms with E-state index in [-0.39, 0.29) is 17.8 Å². The van der Waals surface area contributed by atoms with Crippen molar-refractivity contribution in [2.45, 2.75) is 58.9 Å². The Labute approximate surface area is 120 Å². The van der Waals surface area contributed by atoms with Crippen LogP contribution in [0.5, 0.6) is 0 Å². The zero-order valence-electron chi connectivity index (χ0n) is 12.8. The second-order valence-electron chi connectivity index (χ2n) is 6.10. The third kappa shape index (κ3) is 2.76. The van der Waals surface area contributed by atoms with E-state index in [0.717, 1.165) is 25.1 Å². The lowest BCUT2D eigenvalue weighted by Gasteiger charge is -2.24. The van der Waals surface area contributed by atoms with Gasteiger partial charge in [0.05, 0.1) is 0 Å². The number of primary amides is 1. The Kier molecular flexibility index (Phi) is 4.26. The minimum Gasteiger partial charge on any atom is -0.363 e. The molecule has 0 saturated carbocycles. The van der Waals surface area contributed by atoms with Crippen molar-refractivity contribution in [1.82, 2.24) is 14.8 Å². The van der Waals surface area contributed by atoms with E-state index in [1.165, 1.54) is 5.57 Å². The highest BCUT2D eigenvalue weighted by atomic mass is 16.1. The lowest BCUT2D eigenvalue weighted by molar-refractivity contribution is 0.0984. The summed E-state index contributed by atoms with van der Waals surface area (Å²) < 4.78 is 1.88. The lowest BCUT2D eigenvalue weighted by atomic mass is 9.85. The molecule has 110 valence electrons. The molecule has 1 aromatic heterocycles. The minimum absolute atomic E-state index is 0.125. The molecule has 1 unspecified atom stereocenters. The largest absolute Gasteiger partial charge is 0.363 e. The van der Waals surface area contributed by atoms with Gasteiger partial charge in [-0.15, -0.1) is 10.2 Å². The van der Waals surface area contributed by atoms with Gasteiger partial charge in [-0.1, -0.05) is 25.5 Å². The molecule has 1 aromatic rings. The van der Waals surface area contributed by atoms with E-state index in [9.17, 15) is 4.79 Å². The highest BCUT2D eigenvalue weighted by Crippen LogP contribution is 2.34.